The summed E-state index contributed by atoms with van der Waals surface area (Å²) in [6, 6.07) is 11.0. The number of carbonyl (C=O) groups is 2. The van der Waals surface area contributed by atoms with Crippen LogP contribution in [0.2, 0.25) is 10.0 Å². The van der Waals surface area contributed by atoms with Crippen LogP contribution in [0.4, 0.5) is 15.9 Å². The lowest BCUT2D eigenvalue weighted by Gasteiger charge is -2.36. The van der Waals surface area contributed by atoms with Crippen molar-refractivity contribution in [3.63, 3.8) is 0 Å². The molecule has 3 aromatic rings. The molecule has 0 bridgehead atoms. The van der Waals surface area contributed by atoms with Crippen molar-refractivity contribution in [2.75, 3.05) is 30.7 Å². The maximum atomic E-state index is 13.7. The zero-order chi connectivity index (χ0) is 27.4. The van der Waals surface area contributed by atoms with E-state index in [1.165, 1.54) is 18.2 Å². The van der Waals surface area contributed by atoms with Crippen LogP contribution in [-0.2, 0) is 6.42 Å². The van der Waals surface area contributed by atoms with E-state index in [1.54, 1.807) is 24.3 Å². The quantitative estimate of drug-likeness (QED) is 0.340. The summed E-state index contributed by atoms with van der Waals surface area (Å²) in [6.07, 6.45) is 0.204. The highest BCUT2D eigenvalue weighted by atomic mass is 35.5. The Morgan fingerprint density at radius 3 is 2.46 bits per heavy atom. The van der Waals surface area contributed by atoms with E-state index in [9.17, 15) is 14.0 Å². The molecule has 208 valence electrons. The van der Waals surface area contributed by atoms with Crippen LogP contribution in [0, 0.1) is 5.82 Å². The number of carbonyl (C=O) groups excluding carboxylic acids is 2. The first-order valence-electron chi connectivity index (χ1n) is 12.0. The van der Waals surface area contributed by atoms with Crippen LogP contribution in [0.1, 0.15) is 40.3 Å². The van der Waals surface area contributed by atoms with Crippen molar-refractivity contribution >= 4 is 58.9 Å². The predicted molar refractivity (Wildman–Crippen MR) is 152 cm³/mol. The highest BCUT2D eigenvalue weighted by Crippen LogP contribution is 2.28. The number of nitrogens with zero attached hydrogens (tertiary/aromatic N) is 3. The van der Waals surface area contributed by atoms with E-state index < -0.39 is 11.7 Å². The van der Waals surface area contributed by atoms with Crippen molar-refractivity contribution < 1.29 is 18.7 Å². The molecule has 2 amide bonds. The van der Waals surface area contributed by atoms with Gasteiger partial charge in [-0.2, -0.15) is 0 Å². The molecule has 0 aliphatic carbocycles. The Balaban J connectivity index is 0.00000420. The van der Waals surface area contributed by atoms with E-state index in [0.717, 1.165) is 0 Å². The topological polar surface area (TPSA) is 122 Å². The van der Waals surface area contributed by atoms with Crippen molar-refractivity contribution in [3.8, 4) is 5.75 Å². The summed E-state index contributed by atoms with van der Waals surface area (Å²) in [4.78, 5) is 27.5. The number of amides is 2. The van der Waals surface area contributed by atoms with Gasteiger partial charge in [-0.15, -0.1) is 22.6 Å². The predicted octanol–water partition coefficient (Wildman–Crippen LogP) is 4.62. The van der Waals surface area contributed by atoms with Crippen LogP contribution in [0.25, 0.3) is 0 Å². The minimum absolute atomic E-state index is 0. The molecular weight excluding hydrogens is 570 g/mol. The molecule has 1 aliphatic heterocycles. The Bertz CT molecular complexity index is 1340. The van der Waals surface area contributed by atoms with Gasteiger partial charge < -0.3 is 26.0 Å². The molecule has 0 unspecified atom stereocenters. The summed E-state index contributed by atoms with van der Waals surface area (Å²) in [5.41, 5.74) is 7.23. The molecule has 1 aromatic heterocycles. The average Bonchev–Trinajstić information content (AvgIpc) is 2.88. The minimum Gasteiger partial charge on any atom is -0.489 e. The van der Waals surface area contributed by atoms with Crippen LogP contribution in [-0.4, -0.2) is 58.7 Å². The van der Waals surface area contributed by atoms with E-state index in [0.29, 0.717) is 34.9 Å². The van der Waals surface area contributed by atoms with Gasteiger partial charge in [0, 0.05) is 53.9 Å². The van der Waals surface area contributed by atoms with Gasteiger partial charge >= 0.3 is 0 Å². The van der Waals surface area contributed by atoms with Crippen molar-refractivity contribution in [2.45, 2.75) is 32.4 Å². The number of nitrogens with one attached hydrogen (secondary N) is 2. The second-order valence-electron chi connectivity index (χ2n) is 9.11. The summed E-state index contributed by atoms with van der Waals surface area (Å²) in [6.45, 7) is 5.40. The maximum Gasteiger partial charge on any atom is 0.276 e. The Kier molecular flexibility index (Phi) is 10.3. The normalized spacial score (nSPS) is 16.8. The number of rotatable bonds is 7. The molecule has 2 atom stereocenters. The second kappa shape index (κ2) is 13.3. The number of anilines is 2. The van der Waals surface area contributed by atoms with Gasteiger partial charge in [-0.1, -0.05) is 23.2 Å². The third-order valence-electron chi connectivity index (χ3n) is 6.00. The zero-order valence-electron chi connectivity index (χ0n) is 21.2. The first kappa shape index (κ1) is 30.4. The number of nitrogens with two attached hydrogens (primary N) is 1. The molecule has 0 spiro atoms. The lowest BCUT2D eigenvalue weighted by molar-refractivity contribution is 0.0673. The fourth-order valence-electron chi connectivity index (χ4n) is 4.24. The SMILES string of the molecule is C[C@@H]1CN(C(=O)c2ccc(NC(=O)c3cc(OCCc4c(Cl)ccc(F)c4Cl)c(N)nn3)cc2)C[C@H](C)N1.Cl. The van der Waals surface area contributed by atoms with Crippen LogP contribution >= 0.6 is 35.6 Å². The Morgan fingerprint density at radius 1 is 1.13 bits per heavy atom. The fourth-order valence-corrected chi connectivity index (χ4v) is 4.80. The number of nitrogen functional groups attached to an aromatic ring is 1. The van der Waals surface area contributed by atoms with E-state index >= 15 is 0 Å². The lowest BCUT2D eigenvalue weighted by Crippen LogP contribution is -2.55. The smallest absolute Gasteiger partial charge is 0.276 e. The zero-order valence-corrected chi connectivity index (χ0v) is 23.5. The van der Waals surface area contributed by atoms with Crippen molar-refractivity contribution in [1.29, 1.82) is 0 Å². The number of benzene rings is 2. The average molecular weight is 598 g/mol. The second-order valence-corrected chi connectivity index (χ2v) is 9.89. The van der Waals surface area contributed by atoms with Gasteiger partial charge in [0.05, 0.1) is 11.6 Å². The van der Waals surface area contributed by atoms with Gasteiger partial charge in [-0.05, 0) is 55.8 Å². The molecule has 4 N–H and O–H groups in total. The highest BCUT2D eigenvalue weighted by molar-refractivity contribution is 6.36. The fraction of sp³-hybridized carbons (Fsp3) is 0.308. The van der Waals surface area contributed by atoms with Crippen molar-refractivity contribution in [1.82, 2.24) is 20.4 Å². The number of ether oxygens (including phenoxy) is 1. The van der Waals surface area contributed by atoms with Crippen LogP contribution in [0.5, 0.6) is 5.75 Å². The summed E-state index contributed by atoms with van der Waals surface area (Å²) < 4.78 is 19.4. The van der Waals surface area contributed by atoms with Crippen LogP contribution < -0.4 is 21.1 Å². The highest BCUT2D eigenvalue weighted by Gasteiger charge is 2.25. The number of hydrogen-bond donors (Lipinski definition) is 3. The first-order valence-corrected chi connectivity index (χ1v) is 12.7. The van der Waals surface area contributed by atoms with Crippen LogP contribution in [0.15, 0.2) is 42.5 Å². The molecule has 1 aliphatic rings. The van der Waals surface area contributed by atoms with Gasteiger partial charge in [0.1, 0.15) is 5.82 Å². The molecule has 0 radical (unpaired) electrons. The third-order valence-corrected chi connectivity index (χ3v) is 6.76. The largest absolute Gasteiger partial charge is 0.489 e. The summed E-state index contributed by atoms with van der Waals surface area (Å²) in [5.74, 6) is -1.07. The molecule has 1 saturated heterocycles. The number of halogens is 4. The molecule has 0 saturated carbocycles. The molecule has 1 fully saturated rings. The van der Waals surface area contributed by atoms with Gasteiger partial charge in [0.2, 0.25) is 0 Å². The van der Waals surface area contributed by atoms with Gasteiger partial charge in [0.15, 0.2) is 17.3 Å². The Labute approximate surface area is 241 Å². The Morgan fingerprint density at radius 2 is 1.79 bits per heavy atom. The van der Waals surface area contributed by atoms with Gasteiger partial charge in [-0.3, -0.25) is 9.59 Å². The lowest BCUT2D eigenvalue weighted by atomic mass is 10.1. The standard InChI is InChI=1S/C26H27Cl2FN6O3.ClH/c1-14-12-35(13-15(2)31-14)26(37)16-3-5-17(6-4-16)32-25(36)21-11-22(24(30)34-33-21)38-10-9-18-19(27)7-8-20(29)23(18)28;/h3-8,11,14-15,31H,9-10,12-13H2,1-2H3,(H2,30,34)(H,32,36);1H/t14-,15+;. The van der Waals surface area contributed by atoms with Gasteiger partial charge in [-0.25, -0.2) is 4.39 Å². The maximum absolute atomic E-state index is 13.7. The third kappa shape index (κ3) is 7.48. The van der Waals surface area contributed by atoms with Crippen molar-refractivity contribution in [2.24, 2.45) is 0 Å². The monoisotopic (exact) mass is 596 g/mol. The van der Waals surface area contributed by atoms with Crippen LogP contribution in [0.3, 0.4) is 0 Å². The summed E-state index contributed by atoms with van der Waals surface area (Å²) >= 11 is 12.1. The molecule has 39 heavy (non-hydrogen) atoms. The molecule has 9 nitrogen and oxygen atoms in total. The molecule has 2 aromatic carbocycles. The molecule has 13 heteroatoms. The Hall–Kier alpha value is -3.18. The first-order chi connectivity index (χ1) is 18.1. The van der Waals surface area contributed by atoms with E-state index in [2.05, 4.69) is 20.8 Å². The summed E-state index contributed by atoms with van der Waals surface area (Å²) in [7, 11) is 0. The molecule has 2 heterocycles. The van der Waals surface area contributed by atoms with Crippen molar-refractivity contribution in [3.05, 3.63) is 75.1 Å². The van der Waals surface area contributed by atoms with E-state index in [4.69, 9.17) is 33.7 Å². The molecular formula is C26H28Cl3FN6O3. The summed E-state index contributed by atoms with van der Waals surface area (Å²) in [5, 5.41) is 14.0. The molecule has 4 rings (SSSR count). The van der Waals surface area contributed by atoms with E-state index in [1.807, 2.05) is 18.7 Å². The van der Waals surface area contributed by atoms with Gasteiger partial charge in [0.25, 0.3) is 11.8 Å². The number of aromatic nitrogens is 2. The number of piperazine rings is 1. The van der Waals surface area contributed by atoms with E-state index in [-0.39, 0.29) is 65.7 Å². The minimum atomic E-state index is -0.583. The number of hydrogen-bond acceptors (Lipinski definition) is 7.